The number of hydrogen-bond donors (Lipinski definition) is 0. The van der Waals surface area contributed by atoms with Crippen LogP contribution in [0.4, 0.5) is 0 Å². The first-order valence-electron chi connectivity index (χ1n) is 22.8. The number of hydrogen-bond acceptors (Lipinski definition) is 0. The molecule has 0 aromatic carbocycles. The molecule has 9 aliphatic rings. The van der Waals surface area contributed by atoms with Crippen molar-refractivity contribution in [1.29, 1.82) is 0 Å². The van der Waals surface area contributed by atoms with Crippen molar-refractivity contribution in [2.75, 3.05) is 0 Å². The van der Waals surface area contributed by atoms with Gasteiger partial charge in [0.15, 0.2) is 0 Å². The van der Waals surface area contributed by atoms with Crippen molar-refractivity contribution in [2.24, 2.45) is 120 Å². The second-order valence-electron chi connectivity index (χ2n) is 23.6. The normalized spacial score (nSPS) is 64.3. The van der Waals surface area contributed by atoms with Crippen molar-refractivity contribution >= 4 is 0 Å². The van der Waals surface area contributed by atoms with Crippen molar-refractivity contribution < 1.29 is 0 Å². The van der Waals surface area contributed by atoms with E-state index in [2.05, 4.69) is 104 Å². The molecule has 1 spiro atoms. The molecule has 0 amide bonds. The van der Waals surface area contributed by atoms with Crippen molar-refractivity contribution in [1.82, 2.24) is 0 Å². The van der Waals surface area contributed by atoms with Crippen LogP contribution in [-0.4, -0.2) is 0 Å². The third-order valence-electron chi connectivity index (χ3n) is 23.9. The van der Waals surface area contributed by atoms with Gasteiger partial charge in [-0.2, -0.15) is 0 Å². The van der Waals surface area contributed by atoms with Gasteiger partial charge >= 0.3 is 0 Å². The van der Waals surface area contributed by atoms with E-state index < -0.39 is 0 Å². The molecule has 0 heteroatoms. The highest BCUT2D eigenvalue weighted by atomic mass is 14.9. The van der Waals surface area contributed by atoms with Gasteiger partial charge in [0.2, 0.25) is 0 Å². The van der Waals surface area contributed by atoms with Crippen LogP contribution in [0.15, 0.2) is 0 Å². The lowest BCUT2D eigenvalue weighted by Crippen LogP contribution is -2.89. The summed E-state index contributed by atoms with van der Waals surface area (Å²) >= 11 is 0. The van der Waals surface area contributed by atoms with Crippen molar-refractivity contribution in [2.45, 2.75) is 187 Å². The van der Waals surface area contributed by atoms with Crippen LogP contribution >= 0.6 is 0 Å². The molecule has 0 heterocycles. The maximum atomic E-state index is 3.05. The predicted octanol–water partition coefficient (Wildman–Crippen LogP) is 14.4. The Kier molecular flexibility index (Phi) is 7.79. The second kappa shape index (κ2) is 10.6. The quantitative estimate of drug-likeness (QED) is 0.279. The van der Waals surface area contributed by atoms with E-state index in [1.165, 1.54) is 64.2 Å². The zero-order chi connectivity index (χ0) is 35.7. The lowest BCUT2D eigenvalue weighted by atomic mass is 9.10. The van der Waals surface area contributed by atoms with Gasteiger partial charge in [0.05, 0.1) is 0 Å². The Hall–Kier alpha value is 0. The number of fused-ring (bicyclic) bond motifs is 6. The zero-order valence-electron chi connectivity index (χ0n) is 35.7. The minimum absolute atomic E-state index is 0.394. The summed E-state index contributed by atoms with van der Waals surface area (Å²) in [6.45, 7) is 42.3. The van der Waals surface area contributed by atoms with Gasteiger partial charge in [0, 0.05) is 0 Å². The fraction of sp³-hybridized carbons (Fsp3) is 1.00. The highest BCUT2D eigenvalue weighted by Gasteiger charge is 2.91. The second-order valence-corrected chi connectivity index (χ2v) is 23.6. The van der Waals surface area contributed by atoms with Crippen LogP contribution in [-0.2, 0) is 0 Å². The summed E-state index contributed by atoms with van der Waals surface area (Å²) in [7, 11) is 0. The molecular weight excluding hydrogens is 589 g/mol. The predicted molar refractivity (Wildman–Crippen MR) is 210 cm³/mol. The summed E-state index contributed by atoms with van der Waals surface area (Å²) in [6, 6.07) is 0. The van der Waals surface area contributed by atoms with Crippen LogP contribution in [0.5, 0.6) is 0 Å². The van der Waals surface area contributed by atoms with Gasteiger partial charge in [-0.1, -0.05) is 117 Å². The Labute approximate surface area is 306 Å². The van der Waals surface area contributed by atoms with Crippen LogP contribution < -0.4 is 0 Å². The van der Waals surface area contributed by atoms with E-state index in [1.54, 1.807) is 19.3 Å². The minimum Gasteiger partial charge on any atom is -0.0651 e. The van der Waals surface area contributed by atoms with Crippen molar-refractivity contribution in [3.63, 3.8) is 0 Å². The van der Waals surface area contributed by atoms with Gasteiger partial charge in [-0.05, 0) is 191 Å². The highest BCUT2D eigenvalue weighted by Crippen LogP contribution is 2.96. The summed E-state index contributed by atoms with van der Waals surface area (Å²) in [6.07, 6.45) is 19.2. The van der Waals surface area contributed by atoms with E-state index in [0.29, 0.717) is 43.3 Å². The fourth-order valence-corrected chi connectivity index (χ4v) is 21.6. The third-order valence-corrected chi connectivity index (χ3v) is 23.9. The van der Waals surface area contributed by atoms with Gasteiger partial charge in [-0.15, -0.1) is 0 Å². The molecule has 9 rings (SSSR count). The average Bonchev–Trinajstić information content (AvgIpc) is 3.02. The van der Waals surface area contributed by atoms with Crippen LogP contribution in [0, 0.1) is 120 Å². The van der Waals surface area contributed by atoms with E-state index in [4.69, 9.17) is 0 Å². The lowest BCUT2D eigenvalue weighted by molar-refractivity contribution is -0.467. The van der Waals surface area contributed by atoms with Gasteiger partial charge < -0.3 is 0 Å². The molecular formula is C49H84. The van der Waals surface area contributed by atoms with Gasteiger partial charge in [0.25, 0.3) is 0 Å². The SMILES string of the molecule is CCC1C2C(C)CC3(C)CCC4(C)CC5(C)C6(C)C(CC)C7C8CC(C(C)CC(C)C1(CC)CC)C8(CCC(C24C)C5(C)C76)C(C)CC3C. The Morgan fingerprint density at radius 2 is 1.24 bits per heavy atom. The molecule has 0 aromatic rings. The maximum Gasteiger partial charge on any atom is -0.0196 e. The van der Waals surface area contributed by atoms with Crippen LogP contribution in [0.25, 0.3) is 0 Å². The van der Waals surface area contributed by atoms with E-state index in [-0.39, 0.29) is 0 Å². The van der Waals surface area contributed by atoms with Gasteiger partial charge in [0.1, 0.15) is 0 Å². The van der Waals surface area contributed by atoms with E-state index in [0.717, 1.165) is 76.9 Å². The summed E-state index contributed by atoms with van der Waals surface area (Å²) in [5.41, 5.74) is 3.78. The molecule has 0 saturated heterocycles. The largest absolute Gasteiger partial charge is 0.0651 e. The molecule has 0 radical (unpaired) electrons. The third kappa shape index (κ3) is 3.56. The van der Waals surface area contributed by atoms with Crippen molar-refractivity contribution in [3.8, 4) is 0 Å². The minimum atomic E-state index is 0.394. The molecule has 20 unspecified atom stereocenters. The zero-order valence-corrected chi connectivity index (χ0v) is 35.7. The van der Waals surface area contributed by atoms with Crippen molar-refractivity contribution in [3.05, 3.63) is 0 Å². The molecule has 9 fully saturated rings. The highest BCUT2D eigenvalue weighted by molar-refractivity contribution is 5.38. The first-order chi connectivity index (χ1) is 22.8. The molecule has 20 atom stereocenters. The summed E-state index contributed by atoms with van der Waals surface area (Å²) < 4.78 is 0. The van der Waals surface area contributed by atoms with Crippen LogP contribution in [0.2, 0.25) is 0 Å². The van der Waals surface area contributed by atoms with E-state index in [9.17, 15) is 0 Å². The fourth-order valence-electron chi connectivity index (χ4n) is 21.6. The standard InChI is InChI=1S/C49H84/c1-16-34-39-37-26-36-29(5)24-32(8)48(18-3,19-4)35(17-2)40-30(6)27-42(10)22-23-43(11)28-44(12)45(34,13)41(39)47(44,15)38(46(40,43)14)20-21-49(36,37)33(9)25-31(42)7/h29-41H,16-28H2,1-15H3. The Morgan fingerprint density at radius 1 is 0.592 bits per heavy atom. The molecule has 6 bridgehead atoms. The Bertz CT molecular complexity index is 1320. The molecule has 0 nitrogen and oxygen atoms in total. The van der Waals surface area contributed by atoms with E-state index >= 15 is 0 Å². The monoisotopic (exact) mass is 673 g/mol. The number of rotatable bonds is 4. The molecule has 0 aliphatic heterocycles. The Morgan fingerprint density at radius 3 is 1.86 bits per heavy atom. The lowest BCUT2D eigenvalue weighted by Gasteiger charge is -2.94. The molecule has 9 saturated carbocycles. The van der Waals surface area contributed by atoms with Crippen LogP contribution in [0.3, 0.4) is 0 Å². The maximum absolute atomic E-state index is 3.05. The molecule has 0 N–H and O–H groups in total. The topological polar surface area (TPSA) is 0 Å². The Balaban J connectivity index is 1.50. The van der Waals surface area contributed by atoms with Crippen LogP contribution in [0.1, 0.15) is 187 Å². The average molecular weight is 673 g/mol. The molecule has 0 aromatic heterocycles. The summed E-state index contributed by atoms with van der Waals surface area (Å²) in [5.74, 6) is 11.5. The first-order valence-corrected chi connectivity index (χ1v) is 22.8. The van der Waals surface area contributed by atoms with E-state index in [1.807, 2.05) is 0 Å². The smallest absolute Gasteiger partial charge is 0.0196 e. The first kappa shape index (κ1) is 36.0. The molecule has 49 heavy (non-hydrogen) atoms. The summed E-state index contributed by atoms with van der Waals surface area (Å²) in [4.78, 5) is 0. The van der Waals surface area contributed by atoms with Gasteiger partial charge in [-0.3, -0.25) is 0 Å². The summed E-state index contributed by atoms with van der Waals surface area (Å²) in [5, 5.41) is 0. The van der Waals surface area contributed by atoms with Gasteiger partial charge in [-0.25, -0.2) is 0 Å². The molecule has 280 valence electrons. The molecule has 9 aliphatic carbocycles.